The minimum Gasteiger partial charge on any atom is -0.329 e. The maximum atomic E-state index is 13.1. The average Bonchev–Trinajstić information content (AvgIpc) is 3.26. The van der Waals surface area contributed by atoms with E-state index in [0.717, 1.165) is 35.5 Å². The number of nitrogens with zero attached hydrogens (tertiary/aromatic N) is 2. The second kappa shape index (κ2) is 6.51. The third kappa shape index (κ3) is 3.14. The number of thiazole rings is 1. The van der Waals surface area contributed by atoms with Gasteiger partial charge in [0.15, 0.2) is 0 Å². The molecule has 2 heterocycles. The molecular formula is C22H24N2OS. The van der Waals surface area contributed by atoms with Crippen molar-refractivity contribution in [2.24, 2.45) is 0 Å². The van der Waals surface area contributed by atoms with Crippen LogP contribution in [0.15, 0.2) is 48.5 Å². The van der Waals surface area contributed by atoms with Gasteiger partial charge in [-0.1, -0.05) is 45.0 Å². The fraction of sp³-hybridized carbons (Fsp3) is 0.364. The van der Waals surface area contributed by atoms with E-state index in [-0.39, 0.29) is 17.4 Å². The van der Waals surface area contributed by atoms with Crippen molar-refractivity contribution in [3.8, 4) is 0 Å². The standard InChI is InChI=1S/C22H24N2OS/c1-22(2,3)16-12-10-15(11-13-16)21(25)24-14-6-8-18(24)20-23-17-7-4-5-9-19(17)26-20/h4-5,7,9-13,18H,6,8,14H2,1-3H3. The molecule has 0 bridgehead atoms. The molecule has 1 fully saturated rings. The largest absolute Gasteiger partial charge is 0.329 e. The van der Waals surface area contributed by atoms with Crippen LogP contribution in [0.25, 0.3) is 10.2 Å². The Bertz CT molecular complexity index is 904. The summed E-state index contributed by atoms with van der Waals surface area (Å²) in [6.45, 7) is 7.37. The molecule has 0 saturated carbocycles. The van der Waals surface area contributed by atoms with Crippen LogP contribution in [-0.4, -0.2) is 22.3 Å². The van der Waals surface area contributed by atoms with Gasteiger partial charge in [0, 0.05) is 12.1 Å². The summed E-state index contributed by atoms with van der Waals surface area (Å²) >= 11 is 1.71. The molecule has 3 nitrogen and oxygen atoms in total. The molecule has 1 saturated heterocycles. The molecule has 3 aromatic rings. The summed E-state index contributed by atoms with van der Waals surface area (Å²) < 4.78 is 1.19. The number of hydrogen-bond acceptors (Lipinski definition) is 3. The molecule has 1 aliphatic heterocycles. The van der Waals surface area contributed by atoms with Gasteiger partial charge in [-0.2, -0.15) is 0 Å². The molecule has 0 aliphatic carbocycles. The van der Waals surface area contributed by atoms with E-state index >= 15 is 0 Å². The van der Waals surface area contributed by atoms with Gasteiger partial charge in [0.05, 0.1) is 16.3 Å². The van der Waals surface area contributed by atoms with Gasteiger partial charge in [0.25, 0.3) is 5.91 Å². The van der Waals surface area contributed by atoms with E-state index in [2.05, 4.69) is 39.0 Å². The number of para-hydroxylation sites is 1. The summed E-state index contributed by atoms with van der Waals surface area (Å²) in [7, 11) is 0. The highest BCUT2D eigenvalue weighted by Gasteiger charge is 2.32. The van der Waals surface area contributed by atoms with Crippen LogP contribution < -0.4 is 0 Å². The average molecular weight is 365 g/mol. The van der Waals surface area contributed by atoms with Crippen molar-refractivity contribution >= 4 is 27.5 Å². The Hall–Kier alpha value is -2.20. The van der Waals surface area contributed by atoms with E-state index in [0.29, 0.717) is 0 Å². The number of rotatable bonds is 2. The van der Waals surface area contributed by atoms with E-state index in [1.54, 1.807) is 11.3 Å². The summed E-state index contributed by atoms with van der Waals surface area (Å²) in [5.41, 5.74) is 3.14. The van der Waals surface area contributed by atoms with E-state index in [1.165, 1.54) is 10.3 Å². The number of likely N-dealkylation sites (tertiary alicyclic amines) is 1. The highest BCUT2D eigenvalue weighted by molar-refractivity contribution is 7.18. The Kier molecular flexibility index (Phi) is 4.31. The maximum Gasteiger partial charge on any atom is 0.254 e. The SMILES string of the molecule is CC(C)(C)c1ccc(C(=O)N2CCCC2c2nc3ccccc3s2)cc1. The van der Waals surface area contributed by atoms with Crippen molar-refractivity contribution in [2.75, 3.05) is 6.54 Å². The first kappa shape index (κ1) is 17.2. The fourth-order valence-corrected chi connectivity index (χ4v) is 4.69. The van der Waals surface area contributed by atoms with Crippen LogP contribution in [0.4, 0.5) is 0 Å². The van der Waals surface area contributed by atoms with Gasteiger partial charge in [-0.25, -0.2) is 4.98 Å². The van der Waals surface area contributed by atoms with Crippen LogP contribution >= 0.6 is 11.3 Å². The predicted octanol–water partition coefficient (Wildman–Crippen LogP) is 5.57. The van der Waals surface area contributed by atoms with Crippen LogP contribution in [0.3, 0.4) is 0 Å². The molecule has 1 atom stereocenters. The van der Waals surface area contributed by atoms with Crippen LogP contribution in [0.2, 0.25) is 0 Å². The van der Waals surface area contributed by atoms with Crippen LogP contribution in [0, 0.1) is 0 Å². The zero-order valence-corrected chi connectivity index (χ0v) is 16.3. The minimum atomic E-state index is 0.0960. The van der Waals surface area contributed by atoms with Crippen LogP contribution in [0.5, 0.6) is 0 Å². The molecule has 4 heteroatoms. The Morgan fingerprint density at radius 2 is 1.85 bits per heavy atom. The third-order valence-electron chi connectivity index (χ3n) is 5.11. The van der Waals surface area contributed by atoms with Crippen LogP contribution in [0.1, 0.15) is 60.6 Å². The third-order valence-corrected chi connectivity index (χ3v) is 6.24. The van der Waals surface area contributed by atoms with Crippen molar-refractivity contribution in [3.05, 3.63) is 64.7 Å². The number of amides is 1. The van der Waals surface area contributed by atoms with Gasteiger partial charge in [0.2, 0.25) is 0 Å². The van der Waals surface area contributed by atoms with E-state index < -0.39 is 0 Å². The maximum absolute atomic E-state index is 13.1. The lowest BCUT2D eigenvalue weighted by Gasteiger charge is -2.24. The molecule has 1 aromatic heterocycles. The molecule has 1 unspecified atom stereocenters. The van der Waals surface area contributed by atoms with Gasteiger partial charge in [-0.3, -0.25) is 4.79 Å². The number of hydrogen-bond donors (Lipinski definition) is 0. The quantitative estimate of drug-likeness (QED) is 0.595. The second-order valence-corrected chi connectivity index (χ2v) is 9.07. The van der Waals surface area contributed by atoms with Crippen molar-refractivity contribution in [1.82, 2.24) is 9.88 Å². The molecule has 134 valence electrons. The summed E-state index contributed by atoms with van der Waals surface area (Å²) in [6, 6.07) is 16.4. The van der Waals surface area contributed by atoms with Crippen molar-refractivity contribution in [2.45, 2.75) is 45.1 Å². The fourth-order valence-electron chi connectivity index (χ4n) is 3.58. The minimum absolute atomic E-state index is 0.0960. The van der Waals surface area contributed by atoms with E-state index in [4.69, 9.17) is 4.98 Å². The van der Waals surface area contributed by atoms with E-state index in [9.17, 15) is 4.79 Å². The van der Waals surface area contributed by atoms with Crippen molar-refractivity contribution in [1.29, 1.82) is 0 Å². The number of aromatic nitrogens is 1. The zero-order valence-electron chi connectivity index (χ0n) is 15.5. The first-order valence-electron chi connectivity index (χ1n) is 9.20. The number of fused-ring (bicyclic) bond motifs is 1. The number of benzene rings is 2. The second-order valence-electron chi connectivity index (χ2n) is 8.00. The lowest BCUT2D eigenvalue weighted by atomic mass is 9.86. The molecule has 0 spiro atoms. The topological polar surface area (TPSA) is 33.2 Å². The van der Waals surface area contributed by atoms with E-state index in [1.807, 2.05) is 35.2 Å². The molecule has 0 radical (unpaired) electrons. The van der Waals surface area contributed by atoms with Gasteiger partial charge in [-0.15, -0.1) is 11.3 Å². The van der Waals surface area contributed by atoms with Crippen molar-refractivity contribution in [3.63, 3.8) is 0 Å². The van der Waals surface area contributed by atoms with Gasteiger partial charge >= 0.3 is 0 Å². The number of carbonyl (C=O) groups is 1. The highest BCUT2D eigenvalue weighted by Crippen LogP contribution is 2.37. The Morgan fingerprint density at radius 3 is 2.54 bits per heavy atom. The summed E-state index contributed by atoms with van der Waals surface area (Å²) in [5.74, 6) is 0.118. The molecule has 1 amide bonds. The monoisotopic (exact) mass is 364 g/mol. The molecule has 0 N–H and O–H groups in total. The Morgan fingerprint density at radius 1 is 1.12 bits per heavy atom. The Labute approximate surface area is 158 Å². The van der Waals surface area contributed by atoms with Crippen molar-refractivity contribution < 1.29 is 4.79 Å². The first-order valence-corrected chi connectivity index (χ1v) is 10.0. The molecule has 2 aromatic carbocycles. The molecular weight excluding hydrogens is 340 g/mol. The summed E-state index contributed by atoms with van der Waals surface area (Å²) in [5, 5.41) is 1.06. The molecule has 1 aliphatic rings. The predicted molar refractivity (Wildman–Crippen MR) is 108 cm³/mol. The zero-order chi connectivity index (χ0) is 18.3. The molecule has 26 heavy (non-hydrogen) atoms. The molecule has 4 rings (SSSR count). The van der Waals surface area contributed by atoms with Crippen LogP contribution in [-0.2, 0) is 5.41 Å². The summed E-state index contributed by atoms with van der Waals surface area (Å²) in [6.07, 6.45) is 2.03. The smallest absolute Gasteiger partial charge is 0.254 e. The lowest BCUT2D eigenvalue weighted by molar-refractivity contribution is 0.0735. The normalized spacial score (nSPS) is 17.8. The highest BCUT2D eigenvalue weighted by atomic mass is 32.1. The lowest BCUT2D eigenvalue weighted by Crippen LogP contribution is -2.30. The van der Waals surface area contributed by atoms with Gasteiger partial charge in [0.1, 0.15) is 5.01 Å². The van der Waals surface area contributed by atoms with Gasteiger partial charge in [-0.05, 0) is 48.1 Å². The Balaban J connectivity index is 1.60. The first-order chi connectivity index (χ1) is 12.4. The number of carbonyl (C=O) groups excluding carboxylic acids is 1. The summed E-state index contributed by atoms with van der Waals surface area (Å²) in [4.78, 5) is 19.9. The van der Waals surface area contributed by atoms with Gasteiger partial charge < -0.3 is 4.90 Å².